The summed E-state index contributed by atoms with van der Waals surface area (Å²) in [4.78, 5) is 0. The molecule has 0 bridgehead atoms. The van der Waals surface area contributed by atoms with Gasteiger partial charge < -0.3 is 10.5 Å². The van der Waals surface area contributed by atoms with E-state index >= 15 is 0 Å². The summed E-state index contributed by atoms with van der Waals surface area (Å²) in [6.45, 7) is 2.45. The van der Waals surface area contributed by atoms with Gasteiger partial charge in [0.2, 0.25) is 0 Å². The van der Waals surface area contributed by atoms with E-state index in [0.717, 1.165) is 11.3 Å². The van der Waals surface area contributed by atoms with Crippen molar-refractivity contribution in [2.45, 2.75) is 13.0 Å². The van der Waals surface area contributed by atoms with E-state index in [9.17, 15) is 0 Å². The summed E-state index contributed by atoms with van der Waals surface area (Å²) in [6, 6.07) is 15.5. The molecule has 1 atom stereocenters. The Balaban J connectivity index is 2.17. The number of nitrogens with two attached hydrogens (primary N) is 1. The zero-order valence-electron chi connectivity index (χ0n) is 10.3. The van der Waals surface area contributed by atoms with Crippen LogP contribution in [-0.2, 0) is 0 Å². The normalized spacial score (nSPS) is 12.2. The van der Waals surface area contributed by atoms with Gasteiger partial charge in [-0.1, -0.05) is 41.4 Å². The minimum atomic E-state index is -0.175. The fourth-order valence-electron chi connectivity index (χ4n) is 1.74. The van der Waals surface area contributed by atoms with Crippen LogP contribution in [0.2, 0.25) is 5.02 Å². The molecule has 0 spiro atoms. The first-order valence-electron chi connectivity index (χ1n) is 5.88. The minimum absolute atomic E-state index is 0.175. The quantitative estimate of drug-likeness (QED) is 0.910. The number of hydrogen-bond acceptors (Lipinski definition) is 2. The summed E-state index contributed by atoms with van der Waals surface area (Å²) in [7, 11) is 0. The Morgan fingerprint density at radius 1 is 1.17 bits per heavy atom. The van der Waals surface area contributed by atoms with Gasteiger partial charge in [0, 0.05) is 11.6 Å². The summed E-state index contributed by atoms with van der Waals surface area (Å²) in [6.07, 6.45) is -0.175. The smallest absolute Gasteiger partial charge is 0.136 e. The van der Waals surface area contributed by atoms with Gasteiger partial charge in [0.1, 0.15) is 11.9 Å². The van der Waals surface area contributed by atoms with Crippen molar-refractivity contribution in [2.75, 3.05) is 6.54 Å². The fourth-order valence-corrected chi connectivity index (χ4v) is 1.94. The van der Waals surface area contributed by atoms with Crippen LogP contribution in [-0.4, -0.2) is 6.54 Å². The average Bonchev–Trinajstić information content (AvgIpc) is 2.38. The maximum Gasteiger partial charge on any atom is 0.136 e. The number of ether oxygens (including phenoxy) is 1. The standard InChI is InChI=1S/C15H16ClNO/c1-11-5-7-14(8-6-11)18-15(10-17)12-3-2-4-13(16)9-12/h2-9,15H,10,17H2,1H3. The van der Waals surface area contributed by atoms with E-state index in [1.54, 1.807) is 0 Å². The highest BCUT2D eigenvalue weighted by Crippen LogP contribution is 2.23. The average molecular weight is 262 g/mol. The minimum Gasteiger partial charge on any atom is -0.484 e. The Morgan fingerprint density at radius 2 is 1.89 bits per heavy atom. The molecule has 0 radical (unpaired) electrons. The van der Waals surface area contributed by atoms with Gasteiger partial charge in [-0.05, 0) is 36.8 Å². The first kappa shape index (κ1) is 12.9. The van der Waals surface area contributed by atoms with Gasteiger partial charge in [0.05, 0.1) is 0 Å². The third kappa shape index (κ3) is 3.25. The number of rotatable bonds is 4. The summed E-state index contributed by atoms with van der Waals surface area (Å²) in [5.41, 5.74) is 7.96. The molecular formula is C15H16ClNO. The predicted molar refractivity (Wildman–Crippen MR) is 75.1 cm³/mol. The van der Waals surface area contributed by atoms with E-state index in [1.807, 2.05) is 55.5 Å². The molecule has 2 N–H and O–H groups in total. The van der Waals surface area contributed by atoms with Crippen LogP contribution in [0.1, 0.15) is 17.2 Å². The zero-order chi connectivity index (χ0) is 13.0. The molecule has 0 saturated heterocycles. The lowest BCUT2D eigenvalue weighted by molar-refractivity contribution is 0.214. The summed E-state index contributed by atoms with van der Waals surface area (Å²) < 4.78 is 5.88. The Kier molecular flexibility index (Phi) is 4.24. The lowest BCUT2D eigenvalue weighted by Gasteiger charge is -2.18. The second-order valence-electron chi connectivity index (χ2n) is 4.21. The summed E-state index contributed by atoms with van der Waals surface area (Å²) >= 11 is 5.97. The van der Waals surface area contributed by atoms with Crippen LogP contribution < -0.4 is 10.5 Å². The number of hydrogen-bond donors (Lipinski definition) is 1. The lowest BCUT2D eigenvalue weighted by atomic mass is 10.1. The predicted octanol–water partition coefficient (Wildman–Crippen LogP) is 3.73. The molecule has 0 aliphatic carbocycles. The highest BCUT2D eigenvalue weighted by molar-refractivity contribution is 6.30. The molecule has 0 aliphatic heterocycles. The van der Waals surface area contributed by atoms with Crippen molar-refractivity contribution < 1.29 is 4.74 Å². The van der Waals surface area contributed by atoms with E-state index in [-0.39, 0.29) is 6.10 Å². The van der Waals surface area contributed by atoms with Crippen LogP contribution in [0.4, 0.5) is 0 Å². The maximum atomic E-state index is 5.97. The molecule has 2 rings (SSSR count). The van der Waals surface area contributed by atoms with E-state index in [1.165, 1.54) is 5.56 Å². The van der Waals surface area contributed by atoms with Crippen molar-refractivity contribution in [2.24, 2.45) is 5.73 Å². The Labute approximate surface area is 112 Å². The zero-order valence-corrected chi connectivity index (χ0v) is 11.0. The van der Waals surface area contributed by atoms with Gasteiger partial charge in [0.25, 0.3) is 0 Å². The Bertz CT molecular complexity index is 510. The molecule has 18 heavy (non-hydrogen) atoms. The second kappa shape index (κ2) is 5.89. The maximum absolute atomic E-state index is 5.97. The van der Waals surface area contributed by atoms with Crippen molar-refractivity contribution in [1.29, 1.82) is 0 Å². The lowest BCUT2D eigenvalue weighted by Crippen LogP contribution is -2.18. The largest absolute Gasteiger partial charge is 0.484 e. The number of halogens is 1. The van der Waals surface area contributed by atoms with Gasteiger partial charge in [-0.15, -0.1) is 0 Å². The van der Waals surface area contributed by atoms with Crippen LogP contribution in [0.3, 0.4) is 0 Å². The Hall–Kier alpha value is -1.51. The van der Waals surface area contributed by atoms with Gasteiger partial charge in [0.15, 0.2) is 0 Å². The number of benzene rings is 2. The van der Waals surface area contributed by atoms with Crippen LogP contribution in [0.5, 0.6) is 5.75 Å². The summed E-state index contributed by atoms with van der Waals surface area (Å²) in [5.74, 6) is 0.816. The molecule has 0 aliphatic rings. The van der Waals surface area contributed by atoms with E-state index in [0.29, 0.717) is 11.6 Å². The van der Waals surface area contributed by atoms with Gasteiger partial charge in [-0.2, -0.15) is 0 Å². The van der Waals surface area contributed by atoms with Crippen molar-refractivity contribution in [3.8, 4) is 5.75 Å². The molecule has 0 heterocycles. The Morgan fingerprint density at radius 3 is 2.50 bits per heavy atom. The van der Waals surface area contributed by atoms with Crippen molar-refractivity contribution in [1.82, 2.24) is 0 Å². The molecule has 2 aromatic rings. The van der Waals surface area contributed by atoms with Crippen LogP contribution in [0, 0.1) is 6.92 Å². The van der Waals surface area contributed by atoms with E-state index < -0.39 is 0 Å². The molecule has 0 amide bonds. The molecule has 2 aromatic carbocycles. The van der Waals surface area contributed by atoms with Crippen LogP contribution >= 0.6 is 11.6 Å². The van der Waals surface area contributed by atoms with Gasteiger partial charge >= 0.3 is 0 Å². The van der Waals surface area contributed by atoms with E-state index in [2.05, 4.69) is 0 Å². The van der Waals surface area contributed by atoms with Crippen molar-refractivity contribution in [3.63, 3.8) is 0 Å². The third-order valence-corrected chi connectivity index (χ3v) is 2.97. The molecule has 0 aromatic heterocycles. The van der Waals surface area contributed by atoms with Gasteiger partial charge in [-0.3, -0.25) is 0 Å². The third-order valence-electron chi connectivity index (χ3n) is 2.73. The monoisotopic (exact) mass is 261 g/mol. The molecule has 0 fully saturated rings. The molecule has 94 valence electrons. The van der Waals surface area contributed by atoms with E-state index in [4.69, 9.17) is 22.1 Å². The molecule has 1 unspecified atom stereocenters. The molecule has 0 saturated carbocycles. The molecule has 3 heteroatoms. The topological polar surface area (TPSA) is 35.2 Å². The van der Waals surface area contributed by atoms with Gasteiger partial charge in [-0.25, -0.2) is 0 Å². The fraction of sp³-hybridized carbons (Fsp3) is 0.200. The highest BCUT2D eigenvalue weighted by atomic mass is 35.5. The molecule has 2 nitrogen and oxygen atoms in total. The first-order valence-corrected chi connectivity index (χ1v) is 6.25. The summed E-state index contributed by atoms with van der Waals surface area (Å²) in [5, 5.41) is 0.693. The second-order valence-corrected chi connectivity index (χ2v) is 4.65. The molecular weight excluding hydrogens is 246 g/mol. The van der Waals surface area contributed by atoms with Crippen LogP contribution in [0.15, 0.2) is 48.5 Å². The van der Waals surface area contributed by atoms with Crippen LogP contribution in [0.25, 0.3) is 0 Å². The SMILES string of the molecule is Cc1ccc(OC(CN)c2cccc(Cl)c2)cc1. The number of aryl methyl sites for hydroxylation is 1. The van der Waals surface area contributed by atoms with Crippen molar-refractivity contribution in [3.05, 3.63) is 64.7 Å². The first-order chi connectivity index (χ1) is 8.69. The van der Waals surface area contributed by atoms with Crippen molar-refractivity contribution >= 4 is 11.6 Å². The highest BCUT2D eigenvalue weighted by Gasteiger charge is 2.11.